The summed E-state index contributed by atoms with van der Waals surface area (Å²) < 4.78 is 0. The van der Waals surface area contributed by atoms with E-state index in [4.69, 9.17) is 0 Å². The van der Waals surface area contributed by atoms with Crippen LogP contribution in [0.15, 0.2) is 42.6 Å². The largest absolute Gasteiger partial charge is 0.478 e. The van der Waals surface area contributed by atoms with E-state index in [9.17, 15) is 9.90 Å². The third-order valence-corrected chi connectivity index (χ3v) is 3.73. The number of carboxylic acids is 1. The van der Waals surface area contributed by atoms with E-state index in [-0.39, 0.29) is 11.6 Å². The molecule has 0 radical (unpaired) electrons. The number of carboxylic acid groups (broad SMARTS) is 1. The molecule has 4 nitrogen and oxygen atoms in total. The monoisotopic (exact) mass is 268 g/mol. The van der Waals surface area contributed by atoms with Crippen LogP contribution in [-0.4, -0.2) is 22.1 Å². The molecule has 3 rings (SSSR count). The highest BCUT2D eigenvalue weighted by Gasteiger charge is 2.20. The lowest BCUT2D eigenvalue weighted by atomic mass is 9.88. The maximum absolute atomic E-state index is 11.2. The van der Waals surface area contributed by atoms with E-state index in [0.717, 1.165) is 19.3 Å². The number of rotatable bonds is 3. The number of nitrogens with zero attached hydrogens (tertiary/aromatic N) is 1. The minimum absolute atomic E-state index is 0.228. The van der Waals surface area contributed by atoms with E-state index in [0.29, 0.717) is 5.82 Å². The minimum Gasteiger partial charge on any atom is -0.478 e. The molecule has 1 heterocycles. The number of hydrogen-bond donors (Lipinski definition) is 2. The molecule has 4 heteroatoms. The smallest absolute Gasteiger partial charge is 0.339 e. The van der Waals surface area contributed by atoms with Crippen molar-refractivity contribution in [3.8, 4) is 0 Å². The van der Waals surface area contributed by atoms with Crippen LogP contribution < -0.4 is 5.32 Å². The molecule has 0 spiro atoms. The van der Waals surface area contributed by atoms with Gasteiger partial charge in [0.15, 0.2) is 0 Å². The van der Waals surface area contributed by atoms with Crippen molar-refractivity contribution in [2.75, 3.05) is 5.32 Å². The Kier molecular flexibility index (Phi) is 3.37. The van der Waals surface area contributed by atoms with Crippen LogP contribution in [0.3, 0.4) is 0 Å². The zero-order chi connectivity index (χ0) is 13.9. The van der Waals surface area contributed by atoms with E-state index >= 15 is 0 Å². The van der Waals surface area contributed by atoms with Crippen LogP contribution >= 0.6 is 0 Å². The molecule has 0 aliphatic heterocycles. The first-order valence-electron chi connectivity index (χ1n) is 6.75. The zero-order valence-electron chi connectivity index (χ0n) is 11.0. The summed E-state index contributed by atoms with van der Waals surface area (Å²) in [7, 11) is 0. The number of benzene rings is 1. The Balaban J connectivity index is 1.79. The van der Waals surface area contributed by atoms with Gasteiger partial charge in [0.1, 0.15) is 11.4 Å². The standard InChI is InChI=1S/C16H16N2O2/c19-16(20)14-6-3-9-17-15(14)18-13-8-7-11-4-1-2-5-12(11)10-13/h1-6,9,13H,7-8,10H2,(H,17,18)(H,19,20). The summed E-state index contributed by atoms with van der Waals surface area (Å²) in [5, 5.41) is 12.5. The second-order valence-corrected chi connectivity index (χ2v) is 5.06. The van der Waals surface area contributed by atoms with E-state index in [1.165, 1.54) is 11.1 Å². The SMILES string of the molecule is O=C(O)c1cccnc1NC1CCc2ccccc2C1. The van der Waals surface area contributed by atoms with Gasteiger partial charge < -0.3 is 10.4 Å². The van der Waals surface area contributed by atoms with Crippen molar-refractivity contribution in [2.45, 2.75) is 25.3 Å². The summed E-state index contributed by atoms with van der Waals surface area (Å²) >= 11 is 0. The van der Waals surface area contributed by atoms with E-state index < -0.39 is 5.97 Å². The van der Waals surface area contributed by atoms with Crippen molar-refractivity contribution in [3.63, 3.8) is 0 Å². The number of aromatic carboxylic acids is 1. The molecule has 1 aromatic heterocycles. The van der Waals surface area contributed by atoms with Crippen molar-refractivity contribution in [2.24, 2.45) is 0 Å². The molecule has 0 saturated carbocycles. The Bertz CT molecular complexity index is 640. The first-order chi connectivity index (χ1) is 9.74. The number of fused-ring (bicyclic) bond motifs is 1. The molecule has 0 fully saturated rings. The third kappa shape index (κ3) is 2.50. The predicted octanol–water partition coefficient (Wildman–Crippen LogP) is 2.75. The molecule has 0 amide bonds. The van der Waals surface area contributed by atoms with Gasteiger partial charge in [0.05, 0.1) is 0 Å². The number of nitrogens with one attached hydrogen (secondary N) is 1. The molecule has 2 aromatic rings. The maximum atomic E-state index is 11.2. The van der Waals surface area contributed by atoms with Crippen molar-refractivity contribution in [3.05, 3.63) is 59.3 Å². The van der Waals surface area contributed by atoms with Gasteiger partial charge >= 0.3 is 5.97 Å². The van der Waals surface area contributed by atoms with Gasteiger partial charge in [-0.3, -0.25) is 0 Å². The second-order valence-electron chi connectivity index (χ2n) is 5.06. The van der Waals surface area contributed by atoms with Gasteiger partial charge in [-0.1, -0.05) is 24.3 Å². The van der Waals surface area contributed by atoms with E-state index in [1.807, 2.05) is 6.07 Å². The van der Waals surface area contributed by atoms with Crippen LogP contribution in [0.2, 0.25) is 0 Å². The van der Waals surface area contributed by atoms with Crippen molar-refractivity contribution >= 4 is 11.8 Å². The first kappa shape index (κ1) is 12.7. The van der Waals surface area contributed by atoms with Crippen molar-refractivity contribution in [1.29, 1.82) is 0 Å². The van der Waals surface area contributed by atoms with Gasteiger partial charge in [-0.05, 0) is 42.5 Å². The Morgan fingerprint density at radius 1 is 1.20 bits per heavy atom. The molecule has 0 bridgehead atoms. The lowest BCUT2D eigenvalue weighted by Gasteiger charge is -2.26. The van der Waals surface area contributed by atoms with Crippen LogP contribution in [0.1, 0.15) is 27.9 Å². The Hall–Kier alpha value is -2.36. The Morgan fingerprint density at radius 3 is 2.80 bits per heavy atom. The van der Waals surface area contributed by atoms with Crippen molar-refractivity contribution < 1.29 is 9.90 Å². The molecular weight excluding hydrogens is 252 g/mol. The van der Waals surface area contributed by atoms with Crippen LogP contribution in [0, 0.1) is 0 Å². The van der Waals surface area contributed by atoms with Gasteiger partial charge in [0.2, 0.25) is 0 Å². The van der Waals surface area contributed by atoms with E-state index in [2.05, 4.69) is 28.5 Å². The molecular formula is C16H16N2O2. The van der Waals surface area contributed by atoms with Crippen LogP contribution in [-0.2, 0) is 12.8 Å². The minimum atomic E-state index is -0.947. The number of carbonyl (C=O) groups is 1. The molecule has 1 aliphatic rings. The Labute approximate surface area is 117 Å². The molecule has 20 heavy (non-hydrogen) atoms. The molecule has 0 saturated heterocycles. The quantitative estimate of drug-likeness (QED) is 0.898. The fourth-order valence-electron chi connectivity index (χ4n) is 2.71. The number of aromatic nitrogens is 1. The van der Waals surface area contributed by atoms with Gasteiger partial charge in [-0.25, -0.2) is 9.78 Å². The van der Waals surface area contributed by atoms with Crippen LogP contribution in [0.5, 0.6) is 0 Å². The maximum Gasteiger partial charge on any atom is 0.339 e. The van der Waals surface area contributed by atoms with Crippen LogP contribution in [0.25, 0.3) is 0 Å². The molecule has 1 aliphatic carbocycles. The zero-order valence-corrected chi connectivity index (χ0v) is 11.0. The summed E-state index contributed by atoms with van der Waals surface area (Å²) in [5.41, 5.74) is 2.96. The van der Waals surface area contributed by atoms with Gasteiger partial charge in [0, 0.05) is 12.2 Å². The fourth-order valence-corrected chi connectivity index (χ4v) is 2.71. The lowest BCUT2D eigenvalue weighted by Crippen LogP contribution is -2.28. The van der Waals surface area contributed by atoms with Gasteiger partial charge in [-0.2, -0.15) is 0 Å². The molecule has 2 N–H and O–H groups in total. The normalized spacial score (nSPS) is 17.3. The first-order valence-corrected chi connectivity index (χ1v) is 6.75. The summed E-state index contributed by atoms with van der Waals surface area (Å²) in [6.45, 7) is 0. The van der Waals surface area contributed by atoms with Crippen LogP contribution in [0.4, 0.5) is 5.82 Å². The fraction of sp³-hybridized carbons (Fsp3) is 0.250. The average molecular weight is 268 g/mol. The molecule has 1 atom stereocenters. The molecule has 1 unspecified atom stereocenters. The topological polar surface area (TPSA) is 62.2 Å². The summed E-state index contributed by atoms with van der Waals surface area (Å²) in [5.74, 6) is -0.485. The highest BCUT2D eigenvalue weighted by molar-refractivity contribution is 5.93. The van der Waals surface area contributed by atoms with E-state index in [1.54, 1.807) is 18.3 Å². The van der Waals surface area contributed by atoms with Gasteiger partial charge in [0.25, 0.3) is 0 Å². The molecule has 102 valence electrons. The van der Waals surface area contributed by atoms with Crippen molar-refractivity contribution in [1.82, 2.24) is 4.98 Å². The third-order valence-electron chi connectivity index (χ3n) is 3.73. The number of pyridine rings is 1. The number of anilines is 1. The number of hydrogen-bond acceptors (Lipinski definition) is 3. The highest BCUT2D eigenvalue weighted by atomic mass is 16.4. The predicted molar refractivity (Wildman–Crippen MR) is 77.1 cm³/mol. The molecule has 1 aromatic carbocycles. The summed E-state index contributed by atoms with van der Waals surface area (Å²) in [4.78, 5) is 15.3. The lowest BCUT2D eigenvalue weighted by molar-refractivity contribution is 0.0697. The number of aryl methyl sites for hydroxylation is 1. The Morgan fingerprint density at radius 2 is 2.00 bits per heavy atom. The summed E-state index contributed by atoms with van der Waals surface area (Å²) in [6, 6.07) is 11.9. The highest BCUT2D eigenvalue weighted by Crippen LogP contribution is 2.24. The summed E-state index contributed by atoms with van der Waals surface area (Å²) in [6.07, 6.45) is 4.53. The second kappa shape index (κ2) is 5.33. The van der Waals surface area contributed by atoms with Gasteiger partial charge in [-0.15, -0.1) is 0 Å². The average Bonchev–Trinajstić information content (AvgIpc) is 2.47.